The van der Waals surface area contributed by atoms with Gasteiger partial charge in [0.1, 0.15) is 0 Å². The summed E-state index contributed by atoms with van der Waals surface area (Å²) in [7, 11) is 0. The topological polar surface area (TPSA) is 3.24 Å². The number of nitrogens with zero attached hydrogens (tertiary/aromatic N) is 1. The number of thiophene rings is 1. The van der Waals surface area contributed by atoms with E-state index >= 15 is 0 Å². The zero-order valence-electron chi connectivity index (χ0n) is 26.3. The first kappa shape index (κ1) is 28.3. The Labute approximate surface area is 284 Å². The smallest absolute Gasteiger partial charge is 0.0540 e. The van der Waals surface area contributed by atoms with Crippen molar-refractivity contribution >= 4 is 59.3 Å². The van der Waals surface area contributed by atoms with E-state index in [1.54, 1.807) is 0 Å². The summed E-state index contributed by atoms with van der Waals surface area (Å²) >= 11 is 1.89. The summed E-state index contributed by atoms with van der Waals surface area (Å²) in [6.07, 6.45) is 0. The first-order chi connectivity index (χ1) is 23.8. The Balaban J connectivity index is 1.21. The molecule has 9 aromatic rings. The minimum Gasteiger partial charge on any atom is -0.310 e. The van der Waals surface area contributed by atoms with Crippen molar-refractivity contribution in [1.82, 2.24) is 0 Å². The Kier molecular flexibility index (Phi) is 7.07. The number of hydrogen-bond donors (Lipinski definition) is 0. The molecule has 0 atom stereocenters. The molecule has 0 fully saturated rings. The van der Waals surface area contributed by atoms with Gasteiger partial charge in [0.15, 0.2) is 0 Å². The van der Waals surface area contributed by atoms with Gasteiger partial charge in [0, 0.05) is 42.5 Å². The van der Waals surface area contributed by atoms with Gasteiger partial charge in [-0.1, -0.05) is 140 Å². The molecular weight excluding hydrogens is 599 g/mol. The minimum absolute atomic E-state index is 1.11. The number of hydrogen-bond acceptors (Lipinski definition) is 2. The molecule has 0 amide bonds. The van der Waals surface area contributed by atoms with Crippen molar-refractivity contribution in [1.29, 1.82) is 0 Å². The summed E-state index contributed by atoms with van der Waals surface area (Å²) in [6.45, 7) is 0. The van der Waals surface area contributed by atoms with Crippen LogP contribution in [-0.2, 0) is 0 Å². The zero-order chi connectivity index (χ0) is 31.9. The van der Waals surface area contributed by atoms with E-state index in [9.17, 15) is 0 Å². The number of anilines is 3. The summed E-state index contributed by atoms with van der Waals surface area (Å²) in [5.41, 5.74) is 10.6. The molecule has 1 nitrogen and oxygen atoms in total. The van der Waals surface area contributed by atoms with Crippen LogP contribution >= 0.6 is 11.3 Å². The van der Waals surface area contributed by atoms with Crippen molar-refractivity contribution in [2.45, 2.75) is 0 Å². The summed E-state index contributed by atoms with van der Waals surface area (Å²) in [5, 5.41) is 5.24. The molecule has 1 aromatic heterocycles. The van der Waals surface area contributed by atoms with Crippen LogP contribution in [0.25, 0.3) is 64.3 Å². The Bertz CT molecular complexity index is 2530. The van der Waals surface area contributed by atoms with Crippen LogP contribution < -0.4 is 4.90 Å². The molecule has 0 aliphatic rings. The van der Waals surface area contributed by atoms with E-state index in [4.69, 9.17) is 0 Å². The lowest BCUT2D eigenvalue weighted by molar-refractivity contribution is 1.28. The number of para-hydroxylation sites is 1. The van der Waals surface area contributed by atoms with Crippen LogP contribution in [-0.4, -0.2) is 0 Å². The van der Waals surface area contributed by atoms with Crippen molar-refractivity contribution in [3.63, 3.8) is 0 Å². The highest BCUT2D eigenvalue weighted by molar-refractivity contribution is 7.26. The van der Waals surface area contributed by atoms with Gasteiger partial charge in [-0.15, -0.1) is 11.3 Å². The summed E-state index contributed by atoms with van der Waals surface area (Å²) in [5.74, 6) is 0. The minimum atomic E-state index is 1.11. The molecule has 0 bridgehead atoms. The molecule has 0 radical (unpaired) electrons. The quantitative estimate of drug-likeness (QED) is 0.177. The first-order valence-corrected chi connectivity index (χ1v) is 17.2. The molecule has 0 spiro atoms. The molecule has 2 heteroatoms. The highest BCUT2D eigenvalue weighted by atomic mass is 32.1. The van der Waals surface area contributed by atoms with E-state index in [0.717, 1.165) is 17.1 Å². The normalized spacial score (nSPS) is 11.3. The Morgan fingerprint density at radius 2 is 0.875 bits per heavy atom. The maximum Gasteiger partial charge on any atom is 0.0540 e. The van der Waals surface area contributed by atoms with Crippen molar-refractivity contribution in [3.8, 4) is 33.4 Å². The van der Waals surface area contributed by atoms with E-state index in [1.165, 1.54) is 64.3 Å². The maximum atomic E-state index is 2.40. The van der Waals surface area contributed by atoms with Gasteiger partial charge in [-0.05, 0) is 81.7 Å². The summed E-state index contributed by atoms with van der Waals surface area (Å²) < 4.78 is 2.69. The van der Waals surface area contributed by atoms with E-state index in [1.807, 2.05) is 11.3 Å². The third-order valence-electron chi connectivity index (χ3n) is 9.26. The number of fused-ring (bicyclic) bond motifs is 5. The fourth-order valence-electron chi connectivity index (χ4n) is 6.97. The molecule has 9 rings (SSSR count). The summed E-state index contributed by atoms with van der Waals surface area (Å²) in [4.78, 5) is 2.38. The molecule has 0 aliphatic carbocycles. The van der Waals surface area contributed by atoms with Crippen LogP contribution in [0.15, 0.2) is 188 Å². The Morgan fingerprint density at radius 3 is 1.60 bits per heavy atom. The second kappa shape index (κ2) is 12.0. The average Bonchev–Trinajstić information content (AvgIpc) is 3.55. The molecule has 8 aromatic carbocycles. The molecule has 0 saturated carbocycles. The third kappa shape index (κ3) is 4.95. The van der Waals surface area contributed by atoms with Gasteiger partial charge in [0.25, 0.3) is 0 Å². The van der Waals surface area contributed by atoms with E-state index in [0.29, 0.717) is 0 Å². The highest BCUT2D eigenvalue weighted by Gasteiger charge is 2.19. The molecule has 0 N–H and O–H groups in total. The third-order valence-corrected chi connectivity index (χ3v) is 10.5. The monoisotopic (exact) mass is 629 g/mol. The van der Waals surface area contributed by atoms with Crippen molar-refractivity contribution in [2.75, 3.05) is 4.90 Å². The van der Waals surface area contributed by atoms with Gasteiger partial charge in [-0.25, -0.2) is 0 Å². The van der Waals surface area contributed by atoms with Gasteiger partial charge < -0.3 is 4.90 Å². The Hall–Kier alpha value is -5.96. The van der Waals surface area contributed by atoms with Crippen LogP contribution in [0.4, 0.5) is 17.1 Å². The summed E-state index contributed by atoms with van der Waals surface area (Å²) in [6, 6.07) is 68.0. The first-order valence-electron chi connectivity index (χ1n) is 16.4. The van der Waals surface area contributed by atoms with Gasteiger partial charge >= 0.3 is 0 Å². The fourth-order valence-corrected chi connectivity index (χ4v) is 8.19. The molecule has 1 heterocycles. The lowest BCUT2D eigenvalue weighted by Crippen LogP contribution is -2.11. The second-order valence-corrected chi connectivity index (χ2v) is 13.2. The van der Waals surface area contributed by atoms with Gasteiger partial charge in [-0.2, -0.15) is 0 Å². The zero-order valence-corrected chi connectivity index (χ0v) is 27.1. The maximum absolute atomic E-state index is 2.40. The molecule has 48 heavy (non-hydrogen) atoms. The van der Waals surface area contributed by atoms with Crippen LogP contribution in [0.5, 0.6) is 0 Å². The van der Waals surface area contributed by atoms with Crippen molar-refractivity contribution in [2.24, 2.45) is 0 Å². The fraction of sp³-hybridized carbons (Fsp3) is 0. The number of rotatable bonds is 6. The van der Waals surface area contributed by atoms with E-state index in [2.05, 4.69) is 193 Å². The van der Waals surface area contributed by atoms with Gasteiger partial charge in [0.05, 0.1) is 5.69 Å². The molecule has 0 aliphatic heterocycles. The standard InChI is InChI=1S/C46H31NS/c1-4-14-32(15-5-1)35-26-29-44(42(30-35)33-16-6-2-7-17-33)47(36-18-8-3-9-19-36)37-27-24-34(25-28-37)41-31-43-39-21-12-13-23-45(39)48-46(43)40-22-11-10-20-38(40)41/h1-31H. The largest absolute Gasteiger partial charge is 0.310 e. The molecular formula is C46H31NS. The lowest BCUT2D eigenvalue weighted by atomic mass is 9.94. The van der Waals surface area contributed by atoms with Crippen molar-refractivity contribution < 1.29 is 0 Å². The molecule has 0 unspecified atom stereocenters. The molecule has 0 saturated heterocycles. The van der Waals surface area contributed by atoms with Crippen LogP contribution in [0, 0.1) is 0 Å². The van der Waals surface area contributed by atoms with Crippen LogP contribution in [0.3, 0.4) is 0 Å². The number of benzene rings is 8. The van der Waals surface area contributed by atoms with Crippen molar-refractivity contribution in [3.05, 3.63) is 188 Å². The Morgan fingerprint density at radius 1 is 0.333 bits per heavy atom. The van der Waals surface area contributed by atoms with E-state index < -0.39 is 0 Å². The van der Waals surface area contributed by atoms with E-state index in [-0.39, 0.29) is 0 Å². The predicted octanol–water partition coefficient (Wildman–Crippen LogP) is 13.7. The van der Waals surface area contributed by atoms with Crippen LogP contribution in [0.1, 0.15) is 0 Å². The SMILES string of the molecule is c1ccc(-c2ccc(N(c3ccccc3)c3ccc(-c4cc5c6ccccc6sc5c5ccccc45)cc3)c(-c3ccccc3)c2)cc1. The van der Waals surface area contributed by atoms with Crippen LogP contribution in [0.2, 0.25) is 0 Å². The average molecular weight is 630 g/mol. The second-order valence-electron chi connectivity index (χ2n) is 12.1. The van der Waals surface area contributed by atoms with Gasteiger partial charge in [-0.3, -0.25) is 0 Å². The highest BCUT2D eigenvalue weighted by Crippen LogP contribution is 2.45. The lowest BCUT2D eigenvalue weighted by Gasteiger charge is -2.28. The molecule has 226 valence electrons. The predicted molar refractivity (Wildman–Crippen MR) is 208 cm³/mol. The van der Waals surface area contributed by atoms with Gasteiger partial charge in [0.2, 0.25) is 0 Å².